The third-order valence-corrected chi connectivity index (χ3v) is 1.36. The summed E-state index contributed by atoms with van der Waals surface area (Å²) in [6.07, 6.45) is 0. The number of nitrogens with zero attached hydrogens (tertiary/aromatic N) is 1. The molecule has 0 atom stereocenters. The molecule has 0 aliphatic heterocycles. The van der Waals surface area contributed by atoms with E-state index >= 15 is 0 Å². The van der Waals surface area contributed by atoms with Gasteiger partial charge < -0.3 is 5.21 Å². The summed E-state index contributed by atoms with van der Waals surface area (Å²) < 4.78 is 2.38. The summed E-state index contributed by atoms with van der Waals surface area (Å²) in [4.78, 5) is 10.6. The highest BCUT2D eigenvalue weighted by Gasteiger charge is 1.84. The Kier molecular flexibility index (Phi) is 1.64. The molecule has 0 aliphatic rings. The van der Waals surface area contributed by atoms with Crippen LogP contribution in [0.1, 0.15) is 0 Å². The number of hydrogen-bond acceptors (Lipinski definition) is 4. The largest absolute Gasteiger partial charge is 0.410 e. The lowest BCUT2D eigenvalue weighted by atomic mass is 10.6. The van der Waals surface area contributed by atoms with Crippen LogP contribution in [0.2, 0.25) is 0 Å². The van der Waals surface area contributed by atoms with Gasteiger partial charge in [-0.2, -0.15) is 0 Å². The molecule has 9 heavy (non-hydrogen) atoms. The van der Waals surface area contributed by atoms with Crippen LogP contribution < -0.4 is 10.9 Å². The van der Waals surface area contributed by atoms with E-state index < -0.39 is 0 Å². The van der Waals surface area contributed by atoms with E-state index in [1.165, 1.54) is 6.07 Å². The molecule has 0 unspecified atom stereocenters. The smallest absolute Gasteiger partial charge is 0.286 e. The molecule has 48 valence electrons. The van der Waals surface area contributed by atoms with Crippen molar-refractivity contribution >= 4 is 11.5 Å². The highest BCUT2D eigenvalue weighted by molar-refractivity contribution is 7.03. The first-order valence-corrected chi connectivity index (χ1v) is 3.07. The molecule has 0 aliphatic carbocycles. The van der Waals surface area contributed by atoms with Crippen LogP contribution in [0, 0.1) is 0 Å². The fraction of sp³-hybridized carbons (Fsp3) is 0. The minimum atomic E-state index is -0.370. The number of aromatic amines is 1. The molecule has 0 aromatic carbocycles. The molecule has 0 amide bonds. The molecule has 0 saturated carbocycles. The van der Waals surface area contributed by atoms with Crippen molar-refractivity contribution in [3.8, 4) is 0 Å². The van der Waals surface area contributed by atoms with Gasteiger partial charge in [0.2, 0.25) is 0 Å². The summed E-state index contributed by atoms with van der Waals surface area (Å²) in [5.74, 6) is 0. The Morgan fingerprint density at radius 3 is 3.00 bits per heavy atom. The highest BCUT2D eigenvalue weighted by atomic mass is 32.1. The summed E-state index contributed by atoms with van der Waals surface area (Å²) in [5, 5.41) is 12.5. The predicted octanol–water partition coefficient (Wildman–Crippen LogP) is -0.274. The molecule has 0 radical (unpaired) electrons. The van der Waals surface area contributed by atoms with E-state index in [2.05, 4.69) is 9.53 Å². The van der Waals surface area contributed by atoms with E-state index in [0.717, 1.165) is 11.5 Å². The lowest BCUT2D eigenvalue weighted by Gasteiger charge is -1.77. The van der Waals surface area contributed by atoms with Crippen LogP contribution >= 0.6 is 11.5 Å². The monoisotopic (exact) mass is 144 g/mol. The van der Waals surface area contributed by atoms with Gasteiger partial charge in [0.25, 0.3) is 5.56 Å². The average molecular weight is 144 g/mol. The van der Waals surface area contributed by atoms with Gasteiger partial charge in [0, 0.05) is 5.38 Å². The van der Waals surface area contributed by atoms with Crippen LogP contribution in [0.25, 0.3) is 0 Å². The maximum absolute atomic E-state index is 10.6. The van der Waals surface area contributed by atoms with Gasteiger partial charge in [-0.15, -0.1) is 0 Å². The third-order valence-electron chi connectivity index (χ3n) is 0.786. The molecule has 0 spiro atoms. The second-order valence-electron chi connectivity index (χ2n) is 1.34. The van der Waals surface area contributed by atoms with Crippen LogP contribution in [0.15, 0.2) is 21.4 Å². The fourth-order valence-corrected chi connectivity index (χ4v) is 0.869. The van der Waals surface area contributed by atoms with E-state index in [-0.39, 0.29) is 10.9 Å². The van der Waals surface area contributed by atoms with Crippen LogP contribution in [0.4, 0.5) is 0 Å². The predicted molar refractivity (Wildman–Crippen MR) is 32.3 cm³/mol. The third kappa shape index (κ3) is 1.17. The first kappa shape index (κ1) is 6.03. The topological polar surface area (TPSA) is 65.5 Å². The zero-order valence-electron chi connectivity index (χ0n) is 4.37. The minimum absolute atomic E-state index is 0.0359. The lowest BCUT2D eigenvalue weighted by Crippen LogP contribution is -2.24. The Bertz CT molecular complexity index is 300. The van der Waals surface area contributed by atoms with Gasteiger partial charge in [0.15, 0.2) is 5.36 Å². The molecule has 0 saturated heterocycles. The van der Waals surface area contributed by atoms with E-state index in [1.807, 2.05) is 0 Å². The molecule has 0 bridgehead atoms. The molecule has 1 rings (SSSR count). The molecular weight excluding hydrogens is 140 g/mol. The molecule has 1 heterocycles. The summed E-state index contributed by atoms with van der Waals surface area (Å²) in [6.45, 7) is 0. The Hall–Kier alpha value is -1.10. The van der Waals surface area contributed by atoms with Gasteiger partial charge in [0.1, 0.15) is 0 Å². The van der Waals surface area contributed by atoms with E-state index in [4.69, 9.17) is 5.21 Å². The minimum Gasteiger partial charge on any atom is -0.410 e. The van der Waals surface area contributed by atoms with Crippen molar-refractivity contribution < 1.29 is 5.21 Å². The van der Waals surface area contributed by atoms with Crippen molar-refractivity contribution in [3.05, 3.63) is 27.2 Å². The first-order valence-electron chi connectivity index (χ1n) is 2.19. The van der Waals surface area contributed by atoms with Crippen molar-refractivity contribution in [1.82, 2.24) is 4.37 Å². The van der Waals surface area contributed by atoms with Crippen molar-refractivity contribution in [2.75, 3.05) is 0 Å². The summed E-state index contributed by atoms with van der Waals surface area (Å²) >= 11 is 1.15. The van der Waals surface area contributed by atoms with Crippen LogP contribution in [0.5, 0.6) is 0 Å². The van der Waals surface area contributed by atoms with Crippen molar-refractivity contribution in [1.29, 1.82) is 0 Å². The SMILES string of the molecule is O=c1[nH]scc/c1=N/O. The van der Waals surface area contributed by atoms with Crippen molar-refractivity contribution in [2.45, 2.75) is 0 Å². The van der Waals surface area contributed by atoms with E-state index in [0.29, 0.717) is 0 Å². The van der Waals surface area contributed by atoms with Crippen molar-refractivity contribution in [2.24, 2.45) is 5.16 Å². The zero-order valence-corrected chi connectivity index (χ0v) is 5.18. The maximum atomic E-state index is 10.6. The fourth-order valence-electron chi connectivity index (χ4n) is 0.393. The number of H-pyrrole nitrogens is 1. The van der Waals surface area contributed by atoms with Gasteiger partial charge in [-0.05, 0) is 6.07 Å². The quantitative estimate of drug-likeness (QED) is 0.388. The van der Waals surface area contributed by atoms with Crippen molar-refractivity contribution in [3.63, 3.8) is 0 Å². The molecule has 5 heteroatoms. The van der Waals surface area contributed by atoms with E-state index in [9.17, 15) is 4.79 Å². The molecule has 1 aromatic rings. The number of hydrogen-bond donors (Lipinski definition) is 2. The van der Waals surface area contributed by atoms with Gasteiger partial charge in [0.05, 0.1) is 0 Å². The number of nitrogens with one attached hydrogen (secondary N) is 1. The molecule has 4 nitrogen and oxygen atoms in total. The zero-order chi connectivity index (χ0) is 6.69. The molecule has 2 N–H and O–H groups in total. The molecule has 0 fully saturated rings. The second-order valence-corrected chi connectivity index (χ2v) is 2.05. The van der Waals surface area contributed by atoms with Gasteiger partial charge in [-0.1, -0.05) is 16.7 Å². The Morgan fingerprint density at radius 1 is 1.78 bits per heavy atom. The van der Waals surface area contributed by atoms with Gasteiger partial charge >= 0.3 is 0 Å². The molecule has 1 aromatic heterocycles. The first-order chi connectivity index (χ1) is 4.34. The van der Waals surface area contributed by atoms with E-state index in [1.54, 1.807) is 5.38 Å². The van der Waals surface area contributed by atoms with Crippen LogP contribution in [-0.2, 0) is 0 Å². The van der Waals surface area contributed by atoms with Crippen LogP contribution in [-0.4, -0.2) is 9.58 Å². The Morgan fingerprint density at radius 2 is 2.56 bits per heavy atom. The van der Waals surface area contributed by atoms with Crippen LogP contribution in [0.3, 0.4) is 0 Å². The standard InChI is InChI=1S/C4H4N2O2S/c7-4-3(5-8)1-2-9-6-4/h1-2,8H,(H,6,7)/b5-3-. The summed E-state index contributed by atoms with van der Waals surface area (Å²) in [6, 6.07) is 1.43. The lowest BCUT2D eigenvalue weighted by molar-refractivity contribution is 0.301. The summed E-state index contributed by atoms with van der Waals surface area (Å²) in [7, 11) is 0. The average Bonchev–Trinajstić information content (AvgIpc) is 1.89. The Labute approximate surface area is 54.2 Å². The molecular formula is C4H4N2O2S. The van der Waals surface area contributed by atoms with Gasteiger partial charge in [-0.25, -0.2) is 0 Å². The Balaban J connectivity index is 3.53. The number of aromatic nitrogens is 1. The normalized spacial score (nSPS) is 11.8. The maximum Gasteiger partial charge on any atom is 0.286 e. The highest BCUT2D eigenvalue weighted by Crippen LogP contribution is 1.74. The summed E-state index contributed by atoms with van der Waals surface area (Å²) in [5.41, 5.74) is -0.370. The number of rotatable bonds is 0. The van der Waals surface area contributed by atoms with Gasteiger partial charge in [-0.3, -0.25) is 9.17 Å². The second kappa shape index (κ2) is 2.45.